The molecule has 2 saturated heterocycles. The molecule has 1 aromatic heterocycles. The maximum absolute atomic E-state index is 12.4. The zero-order chi connectivity index (χ0) is 14.7. The fourth-order valence-electron chi connectivity index (χ4n) is 3.38. The van der Waals surface area contributed by atoms with Crippen molar-refractivity contribution in [2.75, 3.05) is 38.5 Å². The summed E-state index contributed by atoms with van der Waals surface area (Å²) >= 11 is 0. The summed E-state index contributed by atoms with van der Waals surface area (Å²) in [5, 5.41) is 0. The van der Waals surface area contributed by atoms with Crippen LogP contribution in [0.15, 0.2) is 18.2 Å². The molecule has 0 saturated carbocycles. The number of carbonyl (C=O) groups excluding carboxylic acids is 1. The van der Waals surface area contributed by atoms with Crippen molar-refractivity contribution in [2.24, 2.45) is 5.92 Å². The number of anilines is 1. The summed E-state index contributed by atoms with van der Waals surface area (Å²) in [6.07, 6.45) is 4.89. The Morgan fingerprint density at radius 1 is 1.19 bits per heavy atom. The lowest BCUT2D eigenvalue weighted by molar-refractivity contribution is 0.0667. The highest BCUT2D eigenvalue weighted by Gasteiger charge is 2.26. The Morgan fingerprint density at radius 2 is 1.90 bits per heavy atom. The Balaban J connectivity index is 1.52. The monoisotopic (exact) mass is 288 g/mol. The molecule has 0 atom stereocenters. The van der Waals surface area contributed by atoms with E-state index in [0.29, 0.717) is 11.5 Å². The standard InChI is InChI=1S/C16H24N4O/c17-15-5-3-4-14(18-15)16(21)20-10-6-13(7-11-20)12-19-8-1-2-9-19/h3-5,13H,1-2,6-12H2,(H2,17,18). The van der Waals surface area contributed by atoms with E-state index in [9.17, 15) is 4.79 Å². The predicted molar refractivity (Wildman–Crippen MR) is 83.0 cm³/mol. The van der Waals surface area contributed by atoms with Crippen molar-refractivity contribution in [1.29, 1.82) is 0 Å². The molecule has 1 aromatic rings. The number of nitrogen functional groups attached to an aromatic ring is 1. The molecule has 0 radical (unpaired) electrons. The van der Waals surface area contributed by atoms with Gasteiger partial charge in [-0.05, 0) is 56.8 Å². The molecule has 114 valence electrons. The molecule has 3 heterocycles. The third-order valence-corrected chi connectivity index (χ3v) is 4.61. The van der Waals surface area contributed by atoms with E-state index in [0.717, 1.165) is 31.8 Å². The van der Waals surface area contributed by atoms with E-state index >= 15 is 0 Å². The van der Waals surface area contributed by atoms with Crippen molar-refractivity contribution in [3.05, 3.63) is 23.9 Å². The number of nitrogens with two attached hydrogens (primary N) is 1. The first-order valence-corrected chi connectivity index (χ1v) is 7.96. The van der Waals surface area contributed by atoms with Crippen LogP contribution in [0.1, 0.15) is 36.2 Å². The minimum atomic E-state index is 0.0157. The SMILES string of the molecule is Nc1cccc(C(=O)N2CCC(CN3CCCC3)CC2)n1. The predicted octanol–water partition coefficient (Wildman–Crippen LogP) is 1.61. The number of carbonyl (C=O) groups is 1. The highest BCUT2D eigenvalue weighted by atomic mass is 16.2. The lowest BCUT2D eigenvalue weighted by atomic mass is 9.96. The van der Waals surface area contributed by atoms with Crippen LogP contribution in [0.25, 0.3) is 0 Å². The van der Waals surface area contributed by atoms with Crippen LogP contribution in [0.2, 0.25) is 0 Å². The first-order valence-electron chi connectivity index (χ1n) is 7.96. The number of hydrogen-bond acceptors (Lipinski definition) is 4. The molecule has 2 aliphatic rings. The molecule has 0 spiro atoms. The van der Waals surface area contributed by atoms with Gasteiger partial charge >= 0.3 is 0 Å². The van der Waals surface area contributed by atoms with Crippen molar-refractivity contribution < 1.29 is 4.79 Å². The largest absolute Gasteiger partial charge is 0.384 e. The third-order valence-electron chi connectivity index (χ3n) is 4.61. The van der Waals surface area contributed by atoms with Crippen LogP contribution in [0.3, 0.4) is 0 Å². The van der Waals surface area contributed by atoms with Gasteiger partial charge in [-0.3, -0.25) is 4.79 Å². The molecule has 0 unspecified atom stereocenters. The minimum absolute atomic E-state index is 0.0157. The number of hydrogen-bond donors (Lipinski definition) is 1. The third kappa shape index (κ3) is 3.53. The fourth-order valence-corrected chi connectivity index (χ4v) is 3.38. The van der Waals surface area contributed by atoms with Crippen molar-refractivity contribution >= 4 is 11.7 Å². The number of rotatable bonds is 3. The topological polar surface area (TPSA) is 62.5 Å². The van der Waals surface area contributed by atoms with Gasteiger partial charge in [0.15, 0.2) is 0 Å². The van der Waals surface area contributed by atoms with Gasteiger partial charge < -0.3 is 15.5 Å². The molecule has 0 bridgehead atoms. The van der Waals surface area contributed by atoms with E-state index in [1.807, 2.05) is 4.90 Å². The molecule has 2 aliphatic heterocycles. The Labute approximate surface area is 126 Å². The number of aromatic nitrogens is 1. The van der Waals surface area contributed by atoms with E-state index in [2.05, 4.69) is 9.88 Å². The molecule has 2 fully saturated rings. The van der Waals surface area contributed by atoms with Gasteiger partial charge in [0, 0.05) is 19.6 Å². The molecule has 5 nitrogen and oxygen atoms in total. The van der Waals surface area contributed by atoms with Gasteiger partial charge in [0.2, 0.25) is 0 Å². The van der Waals surface area contributed by atoms with Gasteiger partial charge in [0.25, 0.3) is 5.91 Å². The van der Waals surface area contributed by atoms with Crippen LogP contribution >= 0.6 is 0 Å². The van der Waals surface area contributed by atoms with Gasteiger partial charge in [0.05, 0.1) is 0 Å². The van der Waals surface area contributed by atoms with E-state index in [1.54, 1.807) is 18.2 Å². The van der Waals surface area contributed by atoms with Crippen molar-refractivity contribution in [3.63, 3.8) is 0 Å². The second-order valence-corrected chi connectivity index (χ2v) is 6.19. The summed E-state index contributed by atoms with van der Waals surface area (Å²) in [7, 11) is 0. The minimum Gasteiger partial charge on any atom is -0.384 e. The molecule has 5 heteroatoms. The summed E-state index contributed by atoms with van der Waals surface area (Å²) < 4.78 is 0. The molecular formula is C16H24N4O. The highest BCUT2D eigenvalue weighted by Crippen LogP contribution is 2.21. The summed E-state index contributed by atoms with van der Waals surface area (Å²) in [6, 6.07) is 5.24. The molecule has 3 rings (SSSR count). The summed E-state index contributed by atoms with van der Waals surface area (Å²) in [6.45, 7) is 5.40. The normalized spacial score (nSPS) is 20.9. The fraction of sp³-hybridized carbons (Fsp3) is 0.625. The Bertz CT molecular complexity index is 491. The second kappa shape index (κ2) is 6.43. The molecular weight excluding hydrogens is 264 g/mol. The number of likely N-dealkylation sites (tertiary alicyclic amines) is 2. The van der Waals surface area contributed by atoms with Crippen LogP contribution < -0.4 is 5.73 Å². The number of nitrogens with zero attached hydrogens (tertiary/aromatic N) is 3. The Morgan fingerprint density at radius 3 is 2.57 bits per heavy atom. The Hall–Kier alpha value is -1.62. The van der Waals surface area contributed by atoms with Crippen molar-refractivity contribution in [3.8, 4) is 0 Å². The smallest absolute Gasteiger partial charge is 0.272 e. The van der Waals surface area contributed by atoms with Gasteiger partial charge in [-0.1, -0.05) is 6.07 Å². The number of pyridine rings is 1. The maximum Gasteiger partial charge on any atom is 0.272 e. The van der Waals surface area contributed by atoms with Crippen LogP contribution in [0, 0.1) is 5.92 Å². The van der Waals surface area contributed by atoms with Gasteiger partial charge in [-0.2, -0.15) is 0 Å². The van der Waals surface area contributed by atoms with E-state index in [-0.39, 0.29) is 5.91 Å². The molecule has 0 aromatic carbocycles. The highest BCUT2D eigenvalue weighted by molar-refractivity contribution is 5.92. The second-order valence-electron chi connectivity index (χ2n) is 6.19. The van der Waals surface area contributed by atoms with Crippen molar-refractivity contribution in [2.45, 2.75) is 25.7 Å². The zero-order valence-electron chi connectivity index (χ0n) is 12.5. The van der Waals surface area contributed by atoms with Gasteiger partial charge in [-0.15, -0.1) is 0 Å². The summed E-state index contributed by atoms with van der Waals surface area (Å²) in [5.41, 5.74) is 6.12. The molecule has 21 heavy (non-hydrogen) atoms. The van der Waals surface area contributed by atoms with E-state index in [4.69, 9.17) is 5.73 Å². The zero-order valence-corrected chi connectivity index (χ0v) is 12.5. The average Bonchev–Trinajstić information content (AvgIpc) is 3.00. The maximum atomic E-state index is 12.4. The number of piperidine rings is 1. The van der Waals surface area contributed by atoms with Crippen LogP contribution in [0.5, 0.6) is 0 Å². The Kier molecular flexibility index (Phi) is 4.39. The van der Waals surface area contributed by atoms with Crippen LogP contribution in [0.4, 0.5) is 5.82 Å². The van der Waals surface area contributed by atoms with Crippen LogP contribution in [-0.4, -0.2) is 53.4 Å². The van der Waals surface area contributed by atoms with E-state index < -0.39 is 0 Å². The average molecular weight is 288 g/mol. The lowest BCUT2D eigenvalue weighted by Crippen LogP contribution is -2.41. The lowest BCUT2D eigenvalue weighted by Gasteiger charge is -2.33. The molecule has 2 N–H and O–H groups in total. The van der Waals surface area contributed by atoms with Crippen LogP contribution in [-0.2, 0) is 0 Å². The van der Waals surface area contributed by atoms with Gasteiger partial charge in [0.1, 0.15) is 11.5 Å². The quantitative estimate of drug-likeness (QED) is 0.918. The summed E-state index contributed by atoms with van der Waals surface area (Å²) in [4.78, 5) is 21.0. The first-order chi connectivity index (χ1) is 10.2. The van der Waals surface area contributed by atoms with Gasteiger partial charge in [-0.25, -0.2) is 4.98 Å². The summed E-state index contributed by atoms with van der Waals surface area (Å²) in [5.74, 6) is 1.16. The molecule has 0 aliphatic carbocycles. The first kappa shape index (κ1) is 14.3. The van der Waals surface area contributed by atoms with Crippen molar-refractivity contribution in [1.82, 2.24) is 14.8 Å². The molecule has 1 amide bonds. The number of amides is 1. The van der Waals surface area contributed by atoms with E-state index in [1.165, 1.54) is 32.5 Å².